The standard InChI is InChI=1S/C15H16N2O4/c1-2-10-14(19)16-13(18)8-17(10)15(20)12-7-9-5-3-4-6-11(9)21-12/h3-6,10,12H,2,7-8H2,1H3,(H,16,18,19). The van der Waals surface area contributed by atoms with Crippen molar-refractivity contribution in [3.8, 4) is 5.75 Å². The molecule has 2 aliphatic rings. The van der Waals surface area contributed by atoms with Gasteiger partial charge in [0.15, 0.2) is 6.10 Å². The van der Waals surface area contributed by atoms with E-state index in [4.69, 9.17) is 4.74 Å². The second kappa shape index (κ2) is 5.20. The summed E-state index contributed by atoms with van der Waals surface area (Å²) in [6.07, 6.45) is 0.276. The fourth-order valence-corrected chi connectivity index (χ4v) is 2.81. The molecule has 0 saturated carbocycles. The SMILES string of the molecule is CCC1C(=O)NC(=O)CN1C(=O)C1Cc2ccccc2O1. The van der Waals surface area contributed by atoms with Crippen molar-refractivity contribution in [2.24, 2.45) is 0 Å². The van der Waals surface area contributed by atoms with E-state index < -0.39 is 24.0 Å². The number of amides is 3. The third kappa shape index (κ3) is 2.37. The quantitative estimate of drug-likeness (QED) is 0.792. The Morgan fingerprint density at radius 3 is 2.86 bits per heavy atom. The Kier molecular flexibility index (Phi) is 3.37. The number of imide groups is 1. The molecule has 0 spiro atoms. The predicted molar refractivity (Wildman–Crippen MR) is 73.5 cm³/mol. The predicted octanol–water partition coefficient (Wildman–Crippen LogP) is 0.254. The molecule has 2 unspecified atom stereocenters. The van der Waals surface area contributed by atoms with Crippen LogP contribution in [-0.2, 0) is 20.8 Å². The zero-order valence-electron chi connectivity index (χ0n) is 11.7. The molecule has 1 N–H and O–H groups in total. The molecule has 21 heavy (non-hydrogen) atoms. The number of nitrogens with one attached hydrogen (secondary N) is 1. The fraction of sp³-hybridized carbons (Fsp3) is 0.400. The van der Waals surface area contributed by atoms with E-state index in [0.717, 1.165) is 5.56 Å². The summed E-state index contributed by atoms with van der Waals surface area (Å²) in [5, 5.41) is 2.26. The number of benzene rings is 1. The van der Waals surface area contributed by atoms with Crippen LogP contribution in [-0.4, -0.2) is 41.3 Å². The summed E-state index contributed by atoms with van der Waals surface area (Å²) in [7, 11) is 0. The number of piperazine rings is 1. The Hall–Kier alpha value is -2.37. The van der Waals surface area contributed by atoms with Crippen LogP contribution in [0.5, 0.6) is 5.75 Å². The Morgan fingerprint density at radius 1 is 1.38 bits per heavy atom. The van der Waals surface area contributed by atoms with Gasteiger partial charge in [0, 0.05) is 6.42 Å². The van der Waals surface area contributed by atoms with Crippen LogP contribution in [0.4, 0.5) is 0 Å². The summed E-state index contributed by atoms with van der Waals surface area (Å²) >= 11 is 0. The minimum Gasteiger partial charge on any atom is -0.480 e. The third-order valence-corrected chi connectivity index (χ3v) is 3.85. The molecule has 6 nitrogen and oxygen atoms in total. The van der Waals surface area contributed by atoms with E-state index >= 15 is 0 Å². The number of hydrogen-bond donors (Lipinski definition) is 1. The maximum atomic E-state index is 12.6. The zero-order chi connectivity index (χ0) is 15.0. The number of carbonyl (C=O) groups is 3. The van der Waals surface area contributed by atoms with E-state index in [-0.39, 0.29) is 12.5 Å². The van der Waals surface area contributed by atoms with Gasteiger partial charge in [-0.25, -0.2) is 0 Å². The average Bonchev–Trinajstić information content (AvgIpc) is 2.89. The highest BCUT2D eigenvalue weighted by atomic mass is 16.5. The van der Waals surface area contributed by atoms with Gasteiger partial charge < -0.3 is 9.64 Å². The lowest BCUT2D eigenvalue weighted by Gasteiger charge is -2.34. The van der Waals surface area contributed by atoms with Crippen LogP contribution in [0.1, 0.15) is 18.9 Å². The highest BCUT2D eigenvalue weighted by Crippen LogP contribution is 2.29. The van der Waals surface area contributed by atoms with Gasteiger partial charge in [-0.05, 0) is 18.1 Å². The van der Waals surface area contributed by atoms with E-state index in [0.29, 0.717) is 18.6 Å². The summed E-state index contributed by atoms with van der Waals surface area (Å²) in [4.78, 5) is 37.3. The lowest BCUT2D eigenvalue weighted by atomic mass is 10.1. The monoisotopic (exact) mass is 288 g/mol. The molecule has 0 radical (unpaired) electrons. The molecule has 1 aromatic rings. The van der Waals surface area contributed by atoms with Gasteiger partial charge in [0.05, 0.1) is 0 Å². The average molecular weight is 288 g/mol. The van der Waals surface area contributed by atoms with Gasteiger partial charge in [-0.15, -0.1) is 0 Å². The molecule has 0 bridgehead atoms. The minimum atomic E-state index is -0.657. The lowest BCUT2D eigenvalue weighted by Crippen LogP contribution is -2.61. The molecule has 1 saturated heterocycles. The van der Waals surface area contributed by atoms with Crippen LogP contribution < -0.4 is 10.1 Å². The molecule has 1 aromatic carbocycles. The summed E-state index contributed by atoms with van der Waals surface area (Å²) < 4.78 is 5.65. The summed E-state index contributed by atoms with van der Waals surface area (Å²) in [5.74, 6) is -0.482. The van der Waals surface area contributed by atoms with Crippen molar-refractivity contribution in [3.05, 3.63) is 29.8 Å². The lowest BCUT2D eigenvalue weighted by molar-refractivity contribution is -0.153. The van der Waals surface area contributed by atoms with Crippen molar-refractivity contribution in [3.63, 3.8) is 0 Å². The maximum Gasteiger partial charge on any atom is 0.265 e. The number of rotatable bonds is 2. The van der Waals surface area contributed by atoms with E-state index in [2.05, 4.69) is 5.32 Å². The van der Waals surface area contributed by atoms with Crippen LogP contribution >= 0.6 is 0 Å². The Labute approximate surface area is 122 Å². The molecular formula is C15H16N2O4. The van der Waals surface area contributed by atoms with Gasteiger partial charge in [-0.3, -0.25) is 19.7 Å². The highest BCUT2D eigenvalue weighted by Gasteiger charge is 2.40. The van der Waals surface area contributed by atoms with Gasteiger partial charge in [-0.2, -0.15) is 0 Å². The maximum absolute atomic E-state index is 12.6. The second-order valence-electron chi connectivity index (χ2n) is 5.22. The Morgan fingerprint density at radius 2 is 2.14 bits per heavy atom. The van der Waals surface area contributed by atoms with Crippen LogP contribution in [0, 0.1) is 0 Å². The first-order chi connectivity index (χ1) is 10.1. The van der Waals surface area contributed by atoms with E-state index in [1.807, 2.05) is 31.2 Å². The molecule has 2 heterocycles. The van der Waals surface area contributed by atoms with Crippen molar-refractivity contribution in [2.45, 2.75) is 31.9 Å². The number of nitrogens with zero attached hydrogens (tertiary/aromatic N) is 1. The molecule has 3 amide bonds. The second-order valence-corrected chi connectivity index (χ2v) is 5.22. The van der Waals surface area contributed by atoms with Crippen LogP contribution in [0.3, 0.4) is 0 Å². The number of para-hydroxylation sites is 1. The zero-order valence-corrected chi connectivity index (χ0v) is 11.7. The largest absolute Gasteiger partial charge is 0.480 e. The Balaban J connectivity index is 1.79. The van der Waals surface area contributed by atoms with Gasteiger partial charge in [0.1, 0.15) is 18.3 Å². The van der Waals surface area contributed by atoms with Crippen molar-refractivity contribution in [1.82, 2.24) is 10.2 Å². The van der Waals surface area contributed by atoms with Gasteiger partial charge in [0.25, 0.3) is 5.91 Å². The van der Waals surface area contributed by atoms with Crippen LogP contribution in [0.25, 0.3) is 0 Å². The van der Waals surface area contributed by atoms with Crippen molar-refractivity contribution < 1.29 is 19.1 Å². The molecule has 2 atom stereocenters. The molecule has 3 rings (SSSR count). The van der Waals surface area contributed by atoms with Gasteiger partial charge >= 0.3 is 0 Å². The van der Waals surface area contributed by atoms with Crippen molar-refractivity contribution in [2.75, 3.05) is 6.54 Å². The smallest absolute Gasteiger partial charge is 0.265 e. The molecule has 6 heteroatoms. The van der Waals surface area contributed by atoms with E-state index in [9.17, 15) is 14.4 Å². The summed E-state index contributed by atoms with van der Waals surface area (Å²) in [6.45, 7) is 1.71. The number of hydrogen-bond acceptors (Lipinski definition) is 4. The van der Waals surface area contributed by atoms with Crippen LogP contribution in [0.15, 0.2) is 24.3 Å². The van der Waals surface area contributed by atoms with Gasteiger partial charge in [0.2, 0.25) is 11.8 Å². The van der Waals surface area contributed by atoms with E-state index in [1.165, 1.54) is 4.90 Å². The summed E-state index contributed by atoms with van der Waals surface area (Å²) in [6, 6.07) is 6.85. The van der Waals surface area contributed by atoms with Crippen molar-refractivity contribution >= 4 is 17.7 Å². The Bertz CT molecular complexity index is 588. The minimum absolute atomic E-state index is 0.0979. The van der Waals surface area contributed by atoms with Gasteiger partial charge in [-0.1, -0.05) is 25.1 Å². The van der Waals surface area contributed by atoms with E-state index in [1.54, 1.807) is 0 Å². The molecular weight excluding hydrogens is 272 g/mol. The number of carbonyl (C=O) groups excluding carboxylic acids is 3. The molecule has 1 fully saturated rings. The first-order valence-electron chi connectivity index (χ1n) is 6.99. The number of fused-ring (bicyclic) bond motifs is 1. The van der Waals surface area contributed by atoms with Crippen molar-refractivity contribution in [1.29, 1.82) is 0 Å². The number of ether oxygens (including phenoxy) is 1. The molecule has 110 valence electrons. The normalized spacial score (nSPS) is 24.3. The summed E-state index contributed by atoms with van der Waals surface area (Å²) in [5.41, 5.74) is 0.969. The fourth-order valence-electron chi connectivity index (χ4n) is 2.81. The third-order valence-electron chi connectivity index (χ3n) is 3.85. The topological polar surface area (TPSA) is 75.7 Å². The molecule has 2 aliphatic heterocycles. The first kappa shape index (κ1) is 13.6. The molecule has 0 aromatic heterocycles. The first-order valence-corrected chi connectivity index (χ1v) is 6.99. The highest BCUT2D eigenvalue weighted by molar-refractivity contribution is 6.04. The van der Waals surface area contributed by atoms with Crippen LogP contribution in [0.2, 0.25) is 0 Å². The molecule has 0 aliphatic carbocycles.